The summed E-state index contributed by atoms with van der Waals surface area (Å²) < 4.78 is 0. The van der Waals surface area contributed by atoms with Crippen LogP contribution in [0.4, 0.5) is 17.2 Å². The zero-order valence-electron chi connectivity index (χ0n) is 16.1. The molecule has 0 unspecified atom stereocenters. The molecule has 0 atom stereocenters. The van der Waals surface area contributed by atoms with Gasteiger partial charge in [0.15, 0.2) is 5.82 Å². The first-order valence-electron chi connectivity index (χ1n) is 8.72. The fourth-order valence-corrected chi connectivity index (χ4v) is 2.70. The van der Waals surface area contributed by atoms with E-state index in [0.717, 1.165) is 28.2 Å². The molecule has 0 saturated heterocycles. The van der Waals surface area contributed by atoms with Crippen LogP contribution in [0, 0.1) is 6.92 Å². The minimum absolute atomic E-state index is 0.630. The molecule has 27 heavy (non-hydrogen) atoms. The highest BCUT2D eigenvalue weighted by Crippen LogP contribution is 2.25. The van der Waals surface area contributed by atoms with Gasteiger partial charge < -0.3 is 10.6 Å². The molecule has 1 heterocycles. The van der Waals surface area contributed by atoms with E-state index >= 15 is 0 Å². The molecule has 1 aromatic heterocycles. The van der Waals surface area contributed by atoms with Crippen LogP contribution in [0.25, 0.3) is 11.3 Å². The van der Waals surface area contributed by atoms with Crippen molar-refractivity contribution >= 4 is 22.9 Å². The topological polar surface area (TPSA) is 79.4 Å². The lowest BCUT2D eigenvalue weighted by molar-refractivity contribution is 1.05. The van der Waals surface area contributed by atoms with Gasteiger partial charge in [0.25, 0.3) is 0 Å². The summed E-state index contributed by atoms with van der Waals surface area (Å²) in [6.07, 6.45) is 0. The molecule has 3 aromatic rings. The quantitative estimate of drug-likeness (QED) is 0.409. The van der Waals surface area contributed by atoms with E-state index in [1.165, 1.54) is 0 Å². The highest BCUT2D eigenvalue weighted by atomic mass is 15.3. The predicted octanol–water partition coefficient (Wildman–Crippen LogP) is 3.94. The number of rotatable bonds is 5. The number of hydrogen-bond donors (Lipinski definition) is 2. The van der Waals surface area contributed by atoms with Crippen molar-refractivity contribution in [3.05, 3.63) is 66.0 Å². The zero-order chi connectivity index (χ0) is 19.4. The van der Waals surface area contributed by atoms with E-state index in [2.05, 4.69) is 49.7 Å². The van der Waals surface area contributed by atoms with Crippen molar-refractivity contribution in [2.75, 3.05) is 30.2 Å². The Bertz CT molecular complexity index is 961. The van der Waals surface area contributed by atoms with Gasteiger partial charge in [0, 0.05) is 37.1 Å². The van der Waals surface area contributed by atoms with Crippen LogP contribution in [0.3, 0.4) is 0 Å². The van der Waals surface area contributed by atoms with Crippen molar-refractivity contribution in [3.63, 3.8) is 0 Å². The number of nitrogen functional groups attached to an aromatic ring is 1. The van der Waals surface area contributed by atoms with Crippen LogP contribution >= 0.6 is 0 Å². The third-order valence-electron chi connectivity index (χ3n) is 4.21. The fraction of sp³-hybridized carbons (Fsp3) is 0.190. The van der Waals surface area contributed by atoms with Gasteiger partial charge in [-0.05, 0) is 37.6 Å². The first kappa shape index (κ1) is 18.4. The molecule has 0 aliphatic heterocycles. The highest BCUT2D eigenvalue weighted by molar-refractivity contribution is 5.99. The summed E-state index contributed by atoms with van der Waals surface area (Å²) in [4.78, 5) is 11.0. The second kappa shape index (κ2) is 7.86. The van der Waals surface area contributed by atoms with Gasteiger partial charge in [0.1, 0.15) is 5.82 Å². The molecule has 0 amide bonds. The third kappa shape index (κ3) is 4.41. The van der Waals surface area contributed by atoms with Crippen molar-refractivity contribution in [2.45, 2.75) is 13.8 Å². The number of nitrogens with one attached hydrogen (secondary N) is 1. The number of aromatic nitrogens is 2. The maximum atomic E-state index is 6.07. The van der Waals surface area contributed by atoms with Gasteiger partial charge in [0.05, 0.1) is 11.4 Å². The number of nitrogens with zero attached hydrogens (tertiary/aromatic N) is 4. The minimum atomic E-state index is 0.630. The normalized spacial score (nSPS) is 11.3. The van der Waals surface area contributed by atoms with Crippen molar-refractivity contribution in [1.82, 2.24) is 9.97 Å². The van der Waals surface area contributed by atoms with Crippen LogP contribution in [-0.2, 0) is 0 Å². The Morgan fingerprint density at radius 2 is 1.74 bits per heavy atom. The Hall–Kier alpha value is -3.41. The zero-order valence-corrected chi connectivity index (χ0v) is 16.1. The molecular formula is C21H24N6. The van der Waals surface area contributed by atoms with Crippen LogP contribution in [0.1, 0.15) is 18.3 Å². The van der Waals surface area contributed by atoms with E-state index in [0.29, 0.717) is 17.3 Å². The maximum absolute atomic E-state index is 6.07. The molecule has 2 aromatic carbocycles. The van der Waals surface area contributed by atoms with Gasteiger partial charge >= 0.3 is 0 Å². The molecule has 0 aliphatic carbocycles. The Balaban J connectivity index is 1.83. The number of aryl methyl sites for hydroxylation is 1. The third-order valence-corrected chi connectivity index (χ3v) is 4.21. The molecule has 0 fully saturated rings. The van der Waals surface area contributed by atoms with Crippen LogP contribution in [0.5, 0.6) is 0 Å². The Morgan fingerprint density at radius 1 is 1.04 bits per heavy atom. The molecule has 6 nitrogen and oxygen atoms in total. The molecule has 0 saturated carbocycles. The first-order chi connectivity index (χ1) is 12.9. The first-order valence-corrected chi connectivity index (χ1v) is 8.72. The summed E-state index contributed by atoms with van der Waals surface area (Å²) in [5, 5.41) is 4.47. The van der Waals surface area contributed by atoms with E-state index in [-0.39, 0.29) is 0 Å². The number of anilines is 3. The SMILES string of the molecule is CC(=NNc1cc(-c2ccccc2N)nc(C)n1)c1ccc(N(C)C)cc1. The molecule has 138 valence electrons. The molecule has 0 radical (unpaired) electrons. The summed E-state index contributed by atoms with van der Waals surface area (Å²) in [5.41, 5.74) is 14.5. The van der Waals surface area contributed by atoms with Gasteiger partial charge in [0.2, 0.25) is 0 Å². The molecule has 0 spiro atoms. The maximum Gasteiger partial charge on any atom is 0.150 e. The van der Waals surface area contributed by atoms with Crippen molar-refractivity contribution in [3.8, 4) is 11.3 Å². The van der Waals surface area contributed by atoms with Gasteiger partial charge in [-0.3, -0.25) is 5.43 Å². The smallest absolute Gasteiger partial charge is 0.150 e. The predicted molar refractivity (Wildman–Crippen MR) is 113 cm³/mol. The standard InChI is InChI=1S/C21H24N6/c1-14(16-9-11-17(12-10-16)27(3)4)25-26-21-13-20(23-15(2)24-21)18-7-5-6-8-19(18)22/h5-13H,22H2,1-4H3,(H,23,24,26). The van der Waals surface area contributed by atoms with Gasteiger partial charge in [-0.15, -0.1) is 0 Å². The van der Waals surface area contributed by atoms with Crippen molar-refractivity contribution in [1.29, 1.82) is 0 Å². The number of benzene rings is 2. The number of para-hydroxylation sites is 1. The summed E-state index contributed by atoms with van der Waals surface area (Å²) in [5.74, 6) is 1.28. The van der Waals surface area contributed by atoms with Gasteiger partial charge in [-0.25, -0.2) is 9.97 Å². The number of hydrogen-bond acceptors (Lipinski definition) is 6. The Labute approximate surface area is 159 Å². The molecular weight excluding hydrogens is 336 g/mol. The van der Waals surface area contributed by atoms with E-state index in [1.807, 2.05) is 58.3 Å². The lowest BCUT2D eigenvalue weighted by Crippen LogP contribution is -2.09. The van der Waals surface area contributed by atoms with Crippen LogP contribution < -0.4 is 16.1 Å². The van der Waals surface area contributed by atoms with E-state index in [9.17, 15) is 0 Å². The van der Waals surface area contributed by atoms with E-state index in [1.54, 1.807) is 0 Å². The summed E-state index contributed by atoms with van der Waals surface area (Å²) in [6.45, 7) is 3.81. The molecule has 0 bridgehead atoms. The summed E-state index contributed by atoms with van der Waals surface area (Å²) in [7, 11) is 4.04. The molecule has 0 aliphatic rings. The monoisotopic (exact) mass is 360 g/mol. The largest absolute Gasteiger partial charge is 0.398 e. The van der Waals surface area contributed by atoms with Crippen LogP contribution in [0.2, 0.25) is 0 Å². The fourth-order valence-electron chi connectivity index (χ4n) is 2.70. The van der Waals surface area contributed by atoms with Crippen molar-refractivity contribution < 1.29 is 0 Å². The molecule has 3 rings (SSSR count). The average Bonchev–Trinajstić information content (AvgIpc) is 2.66. The Morgan fingerprint density at radius 3 is 2.41 bits per heavy atom. The summed E-state index contributed by atoms with van der Waals surface area (Å²) in [6, 6.07) is 17.7. The van der Waals surface area contributed by atoms with Crippen molar-refractivity contribution in [2.24, 2.45) is 5.10 Å². The molecule has 3 N–H and O–H groups in total. The van der Waals surface area contributed by atoms with Gasteiger partial charge in [-0.1, -0.05) is 30.3 Å². The van der Waals surface area contributed by atoms with Crippen LogP contribution in [0.15, 0.2) is 59.7 Å². The highest BCUT2D eigenvalue weighted by Gasteiger charge is 2.07. The van der Waals surface area contributed by atoms with Gasteiger partial charge in [-0.2, -0.15) is 5.10 Å². The average molecular weight is 360 g/mol. The Kier molecular flexibility index (Phi) is 5.35. The lowest BCUT2D eigenvalue weighted by atomic mass is 10.1. The van der Waals surface area contributed by atoms with Crippen LogP contribution in [-0.4, -0.2) is 29.8 Å². The minimum Gasteiger partial charge on any atom is -0.398 e. The number of hydrazone groups is 1. The second-order valence-electron chi connectivity index (χ2n) is 6.52. The van der Waals surface area contributed by atoms with E-state index in [4.69, 9.17) is 5.73 Å². The molecule has 6 heteroatoms. The second-order valence-corrected chi connectivity index (χ2v) is 6.52. The van der Waals surface area contributed by atoms with E-state index < -0.39 is 0 Å². The lowest BCUT2D eigenvalue weighted by Gasteiger charge is -2.12. The summed E-state index contributed by atoms with van der Waals surface area (Å²) >= 11 is 0. The number of nitrogens with two attached hydrogens (primary N) is 1.